The van der Waals surface area contributed by atoms with Crippen LogP contribution in [0.1, 0.15) is 11.0 Å². The first-order valence-electron chi connectivity index (χ1n) is 2.91. The Morgan fingerprint density at radius 1 is 1.58 bits per heavy atom. The van der Waals surface area contributed by atoms with E-state index in [4.69, 9.17) is 16.7 Å². The Balaban J connectivity index is 2.85. The van der Waals surface area contributed by atoms with Gasteiger partial charge in [0.1, 0.15) is 0 Å². The summed E-state index contributed by atoms with van der Waals surface area (Å²) in [4.78, 5) is -3.16. The second-order valence-electron chi connectivity index (χ2n) is 2.09. The van der Waals surface area contributed by atoms with Gasteiger partial charge in [0.25, 0.3) is 0 Å². The third kappa shape index (κ3) is 2.39. The molecule has 0 aliphatic carbocycles. The minimum Gasteiger partial charge on any atom is -0.380 e. The van der Waals surface area contributed by atoms with E-state index in [-0.39, 0.29) is 4.88 Å². The standard InChI is InChI=1S/C6H4BrClF2OS/c7-6(9,10)5(11)3-1-2-4(8)12-3/h1-2,5,11H. The van der Waals surface area contributed by atoms with Gasteiger partial charge in [-0.1, -0.05) is 11.6 Å². The summed E-state index contributed by atoms with van der Waals surface area (Å²) in [6.07, 6.45) is -1.84. The third-order valence-corrected chi connectivity index (χ3v) is 2.89. The monoisotopic (exact) mass is 276 g/mol. The fourth-order valence-corrected chi connectivity index (χ4v) is 2.12. The van der Waals surface area contributed by atoms with Crippen LogP contribution in [-0.2, 0) is 0 Å². The summed E-state index contributed by atoms with van der Waals surface area (Å²) in [5.74, 6) is 0. The summed E-state index contributed by atoms with van der Waals surface area (Å²) < 4.78 is 25.3. The number of alkyl halides is 3. The van der Waals surface area contributed by atoms with Crippen molar-refractivity contribution in [3.63, 3.8) is 0 Å². The average Bonchev–Trinajstić information content (AvgIpc) is 2.32. The first-order valence-corrected chi connectivity index (χ1v) is 4.90. The molecule has 0 amide bonds. The molecule has 0 radical (unpaired) electrons. The molecule has 1 atom stereocenters. The molecule has 12 heavy (non-hydrogen) atoms. The Kier molecular flexibility index (Phi) is 3.09. The molecule has 0 spiro atoms. The van der Waals surface area contributed by atoms with Gasteiger partial charge in [-0.05, 0) is 28.1 Å². The lowest BCUT2D eigenvalue weighted by atomic mass is 10.3. The molecule has 1 aromatic heterocycles. The van der Waals surface area contributed by atoms with Crippen LogP contribution in [0.25, 0.3) is 0 Å². The molecule has 0 aliphatic heterocycles. The fourth-order valence-electron chi connectivity index (χ4n) is 0.637. The summed E-state index contributed by atoms with van der Waals surface area (Å²) in [7, 11) is 0. The van der Waals surface area contributed by atoms with Gasteiger partial charge in [0, 0.05) is 4.88 Å². The van der Waals surface area contributed by atoms with Crippen LogP contribution in [-0.4, -0.2) is 9.94 Å². The van der Waals surface area contributed by atoms with Crippen LogP contribution in [0, 0.1) is 0 Å². The Labute approximate surface area is 85.1 Å². The van der Waals surface area contributed by atoms with Crippen molar-refractivity contribution >= 4 is 38.9 Å². The number of hydrogen-bond acceptors (Lipinski definition) is 2. The van der Waals surface area contributed by atoms with Crippen LogP contribution in [0.2, 0.25) is 4.34 Å². The second-order valence-corrected chi connectivity index (χ2v) is 4.89. The van der Waals surface area contributed by atoms with Crippen molar-refractivity contribution in [3.8, 4) is 0 Å². The highest BCUT2D eigenvalue weighted by molar-refractivity contribution is 9.10. The van der Waals surface area contributed by atoms with E-state index in [1.807, 2.05) is 0 Å². The number of aliphatic hydroxyl groups excluding tert-OH is 1. The molecule has 1 unspecified atom stereocenters. The quantitative estimate of drug-likeness (QED) is 0.821. The van der Waals surface area contributed by atoms with E-state index in [0.29, 0.717) is 4.34 Å². The molecular formula is C6H4BrClF2OS. The molecular weight excluding hydrogens is 273 g/mol. The Bertz CT molecular complexity index is 273. The van der Waals surface area contributed by atoms with Crippen molar-refractivity contribution in [2.24, 2.45) is 0 Å². The minimum absolute atomic E-state index is 0.141. The summed E-state index contributed by atoms with van der Waals surface area (Å²) in [5, 5.41) is 9.03. The van der Waals surface area contributed by atoms with Gasteiger partial charge in [0.05, 0.1) is 4.34 Å². The van der Waals surface area contributed by atoms with Crippen molar-refractivity contribution in [3.05, 3.63) is 21.3 Å². The lowest BCUT2D eigenvalue weighted by Crippen LogP contribution is -2.16. The lowest BCUT2D eigenvalue weighted by Gasteiger charge is -2.13. The van der Waals surface area contributed by atoms with Gasteiger partial charge in [-0.25, -0.2) is 0 Å². The zero-order valence-electron chi connectivity index (χ0n) is 5.60. The number of aliphatic hydroxyl groups is 1. The molecule has 68 valence electrons. The topological polar surface area (TPSA) is 20.2 Å². The zero-order chi connectivity index (χ0) is 9.35. The van der Waals surface area contributed by atoms with Gasteiger partial charge in [0.15, 0.2) is 6.10 Å². The summed E-state index contributed by atoms with van der Waals surface area (Å²) in [6, 6.07) is 2.83. The number of rotatable bonds is 2. The molecule has 1 rings (SSSR count). The Morgan fingerprint density at radius 2 is 2.17 bits per heavy atom. The van der Waals surface area contributed by atoms with E-state index >= 15 is 0 Å². The predicted molar refractivity (Wildman–Crippen MR) is 48.2 cm³/mol. The SMILES string of the molecule is OC(c1ccc(Cl)s1)C(F)(F)Br. The number of halogens is 4. The van der Waals surface area contributed by atoms with Gasteiger partial charge in [-0.3, -0.25) is 0 Å². The fraction of sp³-hybridized carbons (Fsp3) is 0.333. The highest BCUT2D eigenvalue weighted by Crippen LogP contribution is 2.39. The van der Waals surface area contributed by atoms with Crippen molar-refractivity contribution < 1.29 is 13.9 Å². The minimum atomic E-state index is -3.30. The van der Waals surface area contributed by atoms with Crippen LogP contribution >= 0.6 is 38.9 Å². The van der Waals surface area contributed by atoms with E-state index in [1.165, 1.54) is 12.1 Å². The van der Waals surface area contributed by atoms with Gasteiger partial charge >= 0.3 is 4.83 Å². The van der Waals surface area contributed by atoms with E-state index in [0.717, 1.165) is 11.3 Å². The van der Waals surface area contributed by atoms with Gasteiger partial charge in [-0.2, -0.15) is 8.78 Å². The van der Waals surface area contributed by atoms with Crippen LogP contribution in [0.15, 0.2) is 12.1 Å². The maximum absolute atomic E-state index is 12.4. The first kappa shape index (κ1) is 10.4. The lowest BCUT2D eigenvalue weighted by molar-refractivity contribution is -0.0275. The molecule has 0 aliphatic rings. The van der Waals surface area contributed by atoms with E-state index in [1.54, 1.807) is 0 Å². The predicted octanol–water partition coefficient (Wildman–Crippen LogP) is 3.42. The molecule has 0 fully saturated rings. The van der Waals surface area contributed by atoms with Crippen molar-refractivity contribution in [2.45, 2.75) is 10.9 Å². The van der Waals surface area contributed by atoms with E-state index < -0.39 is 10.9 Å². The van der Waals surface area contributed by atoms with Gasteiger partial charge in [-0.15, -0.1) is 11.3 Å². The average molecular weight is 278 g/mol. The highest BCUT2D eigenvalue weighted by Gasteiger charge is 2.36. The highest BCUT2D eigenvalue weighted by atomic mass is 79.9. The number of thiophene rings is 1. The largest absolute Gasteiger partial charge is 0.380 e. The molecule has 1 nitrogen and oxygen atoms in total. The second kappa shape index (κ2) is 3.57. The summed E-state index contributed by atoms with van der Waals surface area (Å²) in [5.41, 5.74) is 0. The van der Waals surface area contributed by atoms with Crippen molar-refractivity contribution in [1.29, 1.82) is 0 Å². The molecule has 6 heteroatoms. The van der Waals surface area contributed by atoms with Crippen LogP contribution in [0.5, 0.6) is 0 Å². The third-order valence-electron chi connectivity index (χ3n) is 1.17. The molecule has 0 saturated carbocycles. The molecule has 0 bridgehead atoms. The van der Waals surface area contributed by atoms with Crippen LogP contribution in [0.4, 0.5) is 8.78 Å². The molecule has 1 aromatic rings. The van der Waals surface area contributed by atoms with Crippen molar-refractivity contribution in [2.75, 3.05) is 0 Å². The molecule has 0 saturated heterocycles. The molecule has 0 aromatic carbocycles. The molecule has 1 heterocycles. The smallest absolute Gasteiger partial charge is 0.331 e. The molecule has 1 N–H and O–H groups in total. The van der Waals surface area contributed by atoms with Crippen LogP contribution < -0.4 is 0 Å². The Hall–Kier alpha value is 0.290. The van der Waals surface area contributed by atoms with Gasteiger partial charge < -0.3 is 5.11 Å². The van der Waals surface area contributed by atoms with Crippen LogP contribution in [0.3, 0.4) is 0 Å². The maximum Gasteiger partial charge on any atom is 0.331 e. The Morgan fingerprint density at radius 3 is 2.50 bits per heavy atom. The first-order chi connectivity index (χ1) is 5.41. The maximum atomic E-state index is 12.4. The van der Waals surface area contributed by atoms with E-state index in [2.05, 4.69) is 15.9 Å². The number of hydrogen-bond donors (Lipinski definition) is 1. The summed E-state index contributed by atoms with van der Waals surface area (Å²) in [6.45, 7) is 0. The van der Waals surface area contributed by atoms with E-state index in [9.17, 15) is 8.78 Å². The summed E-state index contributed by atoms with van der Waals surface area (Å²) >= 11 is 8.50. The van der Waals surface area contributed by atoms with Gasteiger partial charge in [0.2, 0.25) is 0 Å². The zero-order valence-corrected chi connectivity index (χ0v) is 8.76. The van der Waals surface area contributed by atoms with Crippen molar-refractivity contribution in [1.82, 2.24) is 0 Å². The normalized spacial score (nSPS) is 14.8.